The van der Waals surface area contributed by atoms with Gasteiger partial charge in [-0.3, -0.25) is 19.7 Å². The molecule has 2 aromatic heterocycles. The number of pyridine rings is 2. The van der Waals surface area contributed by atoms with Crippen LogP contribution in [0.3, 0.4) is 0 Å². The standard InChI is InChI=1S/C48H56N6O5/c1-33-19-24-41(49-30-33)38-22-20-36(21-23-38)28-42(54(47(58)59)31-37-16-10-7-11-17-37)43(55)29-40(27-35-14-8-6-9-15-35)51-45(56)44(48(3,4)5)53-26-25-52(46(53)57)32-39-18-12-13-34(2)50-39/h6-24,30,40,42-44,55H,25-29,31-32H2,1-5H3,(H,51,56)(H,58,59)/t40-,42-,43-,44+/m0/s1. The van der Waals surface area contributed by atoms with Gasteiger partial charge in [0, 0.05) is 43.1 Å². The molecule has 11 heteroatoms. The molecule has 59 heavy (non-hydrogen) atoms. The van der Waals surface area contributed by atoms with Crippen molar-refractivity contribution in [1.29, 1.82) is 0 Å². The van der Waals surface area contributed by atoms with Crippen LogP contribution in [0.25, 0.3) is 11.3 Å². The molecule has 0 unspecified atom stereocenters. The van der Waals surface area contributed by atoms with E-state index in [1.54, 1.807) is 9.80 Å². The number of carboxylic acid groups (broad SMARTS) is 1. The number of rotatable bonds is 16. The maximum atomic E-state index is 14.6. The van der Waals surface area contributed by atoms with Crippen LogP contribution in [0.5, 0.6) is 0 Å². The number of nitrogens with one attached hydrogen (secondary N) is 1. The lowest BCUT2D eigenvalue weighted by molar-refractivity contribution is -0.129. The lowest BCUT2D eigenvalue weighted by Crippen LogP contribution is -2.57. The van der Waals surface area contributed by atoms with Crippen molar-refractivity contribution in [3.05, 3.63) is 155 Å². The summed E-state index contributed by atoms with van der Waals surface area (Å²) in [6.45, 7) is 11.0. The summed E-state index contributed by atoms with van der Waals surface area (Å²) in [6.07, 6.45) is 0.155. The Hall–Kier alpha value is -6.07. The van der Waals surface area contributed by atoms with Gasteiger partial charge in [0.25, 0.3) is 0 Å². The maximum absolute atomic E-state index is 14.6. The highest BCUT2D eigenvalue weighted by Crippen LogP contribution is 2.30. The van der Waals surface area contributed by atoms with E-state index >= 15 is 0 Å². The highest BCUT2D eigenvalue weighted by Gasteiger charge is 2.44. The number of aromatic nitrogens is 2. The topological polar surface area (TPSA) is 139 Å². The van der Waals surface area contributed by atoms with Gasteiger partial charge in [-0.25, -0.2) is 9.59 Å². The Labute approximate surface area is 347 Å². The number of urea groups is 1. The number of hydrogen-bond acceptors (Lipinski definition) is 6. The Balaban J connectivity index is 1.27. The van der Waals surface area contributed by atoms with Gasteiger partial charge in [-0.15, -0.1) is 0 Å². The highest BCUT2D eigenvalue weighted by atomic mass is 16.4. The molecule has 6 rings (SSSR count). The van der Waals surface area contributed by atoms with Gasteiger partial charge < -0.3 is 25.3 Å². The fourth-order valence-electron chi connectivity index (χ4n) is 7.95. The van der Waals surface area contributed by atoms with Crippen molar-refractivity contribution in [2.75, 3.05) is 13.1 Å². The lowest BCUT2D eigenvalue weighted by atomic mass is 9.84. The smallest absolute Gasteiger partial charge is 0.407 e. The van der Waals surface area contributed by atoms with Crippen molar-refractivity contribution in [2.45, 2.75) is 91.2 Å². The molecule has 5 aromatic rings. The second kappa shape index (κ2) is 19.1. The van der Waals surface area contributed by atoms with Crippen LogP contribution in [0.1, 0.15) is 60.8 Å². The molecule has 0 spiro atoms. The van der Waals surface area contributed by atoms with Crippen LogP contribution in [-0.4, -0.2) is 90.2 Å². The summed E-state index contributed by atoms with van der Waals surface area (Å²) < 4.78 is 0. The predicted molar refractivity (Wildman–Crippen MR) is 229 cm³/mol. The molecule has 308 valence electrons. The SMILES string of the molecule is Cc1ccc(-c2ccc(C[C@@H]([C@@H](O)C[C@H](Cc3ccccc3)NC(=O)[C@@H](N3CCN(Cc4cccc(C)n4)C3=O)C(C)(C)C)N(Cc3ccccc3)C(=O)O)cc2)nc1. The third-order valence-electron chi connectivity index (χ3n) is 10.9. The fraction of sp³-hybridized carbons (Fsp3) is 0.354. The van der Waals surface area contributed by atoms with Gasteiger partial charge in [0.05, 0.1) is 30.1 Å². The number of nitrogens with zero attached hydrogens (tertiary/aromatic N) is 5. The highest BCUT2D eigenvalue weighted by molar-refractivity contribution is 5.89. The first-order valence-corrected chi connectivity index (χ1v) is 20.3. The van der Waals surface area contributed by atoms with E-state index in [1.165, 1.54) is 4.90 Å². The summed E-state index contributed by atoms with van der Waals surface area (Å²) in [5, 5.41) is 26.2. The van der Waals surface area contributed by atoms with Crippen molar-refractivity contribution < 1.29 is 24.6 Å². The second-order valence-corrected chi connectivity index (χ2v) is 16.7. The van der Waals surface area contributed by atoms with Gasteiger partial charge in [0.1, 0.15) is 6.04 Å². The summed E-state index contributed by atoms with van der Waals surface area (Å²) in [4.78, 5) is 55.4. The Kier molecular flexibility index (Phi) is 13.8. The average molecular weight is 797 g/mol. The maximum Gasteiger partial charge on any atom is 0.407 e. The first-order chi connectivity index (χ1) is 28.2. The van der Waals surface area contributed by atoms with Gasteiger partial charge in [-0.2, -0.15) is 0 Å². The molecule has 4 atom stereocenters. The third kappa shape index (κ3) is 11.3. The Morgan fingerprint density at radius 2 is 1.47 bits per heavy atom. The van der Waals surface area contributed by atoms with Gasteiger partial charge in [0.15, 0.2) is 0 Å². The zero-order chi connectivity index (χ0) is 42.1. The molecule has 3 aromatic carbocycles. The number of carbonyl (C=O) groups is 3. The minimum absolute atomic E-state index is 0.0607. The van der Waals surface area contributed by atoms with Crippen LogP contribution in [0.2, 0.25) is 0 Å². The minimum atomic E-state index is -1.18. The first kappa shape index (κ1) is 42.5. The Morgan fingerprint density at radius 1 is 0.814 bits per heavy atom. The quantitative estimate of drug-likeness (QED) is 0.0931. The van der Waals surface area contributed by atoms with Crippen LogP contribution in [0.15, 0.2) is 121 Å². The van der Waals surface area contributed by atoms with E-state index in [0.717, 1.165) is 44.9 Å². The number of benzene rings is 3. The lowest BCUT2D eigenvalue weighted by Gasteiger charge is -2.38. The largest absolute Gasteiger partial charge is 0.465 e. The van der Waals surface area contributed by atoms with E-state index in [2.05, 4.69) is 15.3 Å². The zero-order valence-electron chi connectivity index (χ0n) is 34.7. The molecule has 1 saturated heterocycles. The zero-order valence-corrected chi connectivity index (χ0v) is 34.7. The van der Waals surface area contributed by atoms with E-state index in [1.807, 2.05) is 156 Å². The van der Waals surface area contributed by atoms with Crippen LogP contribution in [0.4, 0.5) is 9.59 Å². The normalized spacial score (nSPS) is 15.1. The summed E-state index contributed by atoms with van der Waals surface area (Å²) in [6, 6.07) is 34.0. The van der Waals surface area contributed by atoms with Crippen LogP contribution in [-0.2, 0) is 30.7 Å². The molecule has 1 fully saturated rings. The number of aliphatic hydroxyl groups excluding tert-OH is 1. The molecule has 11 nitrogen and oxygen atoms in total. The summed E-state index contributed by atoms with van der Waals surface area (Å²) in [7, 11) is 0. The van der Waals surface area contributed by atoms with Crippen molar-refractivity contribution in [3.8, 4) is 11.3 Å². The van der Waals surface area contributed by atoms with Gasteiger partial charge in [0.2, 0.25) is 5.91 Å². The van der Waals surface area contributed by atoms with Crippen molar-refractivity contribution in [3.63, 3.8) is 0 Å². The fourth-order valence-corrected chi connectivity index (χ4v) is 7.95. The van der Waals surface area contributed by atoms with Crippen LogP contribution < -0.4 is 5.32 Å². The van der Waals surface area contributed by atoms with E-state index in [9.17, 15) is 24.6 Å². The minimum Gasteiger partial charge on any atom is -0.465 e. The molecule has 0 bridgehead atoms. The Bertz CT molecular complexity index is 2160. The number of carbonyl (C=O) groups excluding carboxylic acids is 2. The molecule has 1 aliphatic rings. The van der Waals surface area contributed by atoms with E-state index in [4.69, 9.17) is 0 Å². The van der Waals surface area contributed by atoms with Crippen molar-refractivity contribution >= 4 is 18.0 Å². The summed E-state index contributed by atoms with van der Waals surface area (Å²) >= 11 is 0. The molecule has 3 heterocycles. The average Bonchev–Trinajstić information content (AvgIpc) is 3.54. The number of hydrogen-bond donors (Lipinski definition) is 3. The molecule has 0 saturated carbocycles. The molecule has 0 aliphatic carbocycles. The first-order valence-electron chi connectivity index (χ1n) is 20.3. The van der Waals surface area contributed by atoms with Gasteiger partial charge in [-0.05, 0) is 79.0 Å². The van der Waals surface area contributed by atoms with E-state index < -0.39 is 35.7 Å². The summed E-state index contributed by atoms with van der Waals surface area (Å²) in [5.74, 6) is -0.328. The molecule has 1 aliphatic heterocycles. The molecular formula is C48H56N6O5. The molecule has 0 radical (unpaired) electrons. The Morgan fingerprint density at radius 3 is 2.08 bits per heavy atom. The van der Waals surface area contributed by atoms with Crippen LogP contribution >= 0.6 is 0 Å². The van der Waals surface area contributed by atoms with Crippen LogP contribution in [0, 0.1) is 19.3 Å². The second-order valence-electron chi connectivity index (χ2n) is 16.7. The predicted octanol–water partition coefficient (Wildman–Crippen LogP) is 7.68. The molecular weight excluding hydrogens is 741 g/mol. The van der Waals surface area contributed by atoms with Crippen molar-refractivity contribution in [2.24, 2.45) is 5.41 Å². The van der Waals surface area contributed by atoms with Crippen molar-refractivity contribution in [1.82, 2.24) is 30.0 Å². The van der Waals surface area contributed by atoms with E-state index in [0.29, 0.717) is 26.1 Å². The third-order valence-corrected chi connectivity index (χ3v) is 10.9. The van der Waals surface area contributed by atoms with Gasteiger partial charge >= 0.3 is 12.1 Å². The number of aliphatic hydroxyl groups is 1. The number of aryl methyl sites for hydroxylation is 2. The van der Waals surface area contributed by atoms with Gasteiger partial charge in [-0.1, -0.05) is 118 Å². The number of amides is 4. The molecule has 3 N–H and O–H groups in total. The molecule has 4 amide bonds. The summed E-state index contributed by atoms with van der Waals surface area (Å²) in [5.41, 5.74) is 6.42. The monoisotopic (exact) mass is 796 g/mol. The van der Waals surface area contributed by atoms with E-state index in [-0.39, 0.29) is 31.3 Å².